The number of methoxy groups -OCH3 is 1. The Balaban J connectivity index is 1.28. The second-order valence-corrected chi connectivity index (χ2v) is 9.96. The molecule has 1 atom stereocenters. The first kappa shape index (κ1) is 22.9. The first-order valence-corrected chi connectivity index (χ1v) is 12.2. The minimum absolute atomic E-state index is 0.0931. The number of rotatable bonds is 7. The van der Waals surface area contributed by atoms with Gasteiger partial charge in [-0.3, -0.25) is 15.1 Å². The molecule has 1 saturated heterocycles. The number of carbonyl (C=O) groups is 1. The number of hydrogen-bond donors (Lipinski definition) is 1. The molecule has 0 bridgehead atoms. The van der Waals surface area contributed by atoms with E-state index in [4.69, 9.17) is 25.8 Å². The van der Waals surface area contributed by atoms with Crippen LogP contribution in [0, 0.1) is 12.8 Å². The lowest BCUT2D eigenvalue weighted by atomic mass is 9.76. The van der Waals surface area contributed by atoms with E-state index in [0.717, 1.165) is 25.0 Å². The monoisotopic (exact) mass is 501 g/mol. The maximum atomic E-state index is 13.1. The highest BCUT2D eigenvalue weighted by Gasteiger charge is 2.45. The van der Waals surface area contributed by atoms with Gasteiger partial charge >= 0.3 is 0 Å². The second-order valence-electron chi connectivity index (χ2n) is 8.63. The van der Waals surface area contributed by atoms with Crippen LogP contribution in [0.25, 0.3) is 11.1 Å². The maximum absolute atomic E-state index is 13.1. The SMILES string of the molecule is COc1cnc(Cl)cc1-c1cc(C)ncc1C(=O)Nc1nnc(OC[C@@H]2COC3(CCC3)C2)s1. The van der Waals surface area contributed by atoms with E-state index >= 15 is 0 Å². The summed E-state index contributed by atoms with van der Waals surface area (Å²) in [5.41, 5.74) is 2.45. The summed E-state index contributed by atoms with van der Waals surface area (Å²) in [6.45, 7) is 3.09. The van der Waals surface area contributed by atoms with Gasteiger partial charge in [-0.1, -0.05) is 16.7 Å². The fraction of sp³-hybridized carbons (Fsp3) is 0.435. The molecule has 4 heterocycles. The van der Waals surface area contributed by atoms with Crippen molar-refractivity contribution in [1.82, 2.24) is 20.2 Å². The highest BCUT2D eigenvalue weighted by molar-refractivity contribution is 7.17. The van der Waals surface area contributed by atoms with E-state index in [1.54, 1.807) is 12.1 Å². The Morgan fingerprint density at radius 1 is 1.26 bits per heavy atom. The van der Waals surface area contributed by atoms with Gasteiger partial charge in [0.1, 0.15) is 10.9 Å². The molecule has 0 unspecified atom stereocenters. The normalized spacial score (nSPS) is 18.5. The number of halogens is 1. The molecule has 3 aromatic rings. The highest BCUT2D eigenvalue weighted by Crippen LogP contribution is 2.45. The Bertz CT molecular complexity index is 1220. The number of aryl methyl sites for hydroxylation is 1. The summed E-state index contributed by atoms with van der Waals surface area (Å²) in [4.78, 5) is 21.5. The van der Waals surface area contributed by atoms with Gasteiger partial charge in [-0.2, -0.15) is 0 Å². The third kappa shape index (κ3) is 4.70. The van der Waals surface area contributed by atoms with Crippen molar-refractivity contribution in [2.24, 2.45) is 5.92 Å². The average Bonchev–Trinajstić information content (AvgIpc) is 3.44. The van der Waals surface area contributed by atoms with Crippen LogP contribution in [0.15, 0.2) is 24.5 Å². The van der Waals surface area contributed by atoms with Crippen molar-refractivity contribution in [3.8, 4) is 22.1 Å². The van der Waals surface area contributed by atoms with E-state index < -0.39 is 0 Å². The molecule has 2 fully saturated rings. The van der Waals surface area contributed by atoms with Gasteiger partial charge in [0.15, 0.2) is 0 Å². The number of anilines is 1. The fourth-order valence-corrected chi connectivity index (χ4v) is 5.15. The Kier molecular flexibility index (Phi) is 6.37. The molecule has 0 aromatic carbocycles. The van der Waals surface area contributed by atoms with Crippen molar-refractivity contribution >= 4 is 34.0 Å². The molecular formula is C23H24ClN5O4S. The van der Waals surface area contributed by atoms with Crippen molar-refractivity contribution in [2.75, 3.05) is 25.6 Å². The minimum Gasteiger partial charge on any atom is -0.494 e. The van der Waals surface area contributed by atoms with Gasteiger partial charge in [-0.15, -0.1) is 5.10 Å². The summed E-state index contributed by atoms with van der Waals surface area (Å²) in [6, 6.07) is 3.46. The zero-order valence-corrected chi connectivity index (χ0v) is 20.4. The summed E-state index contributed by atoms with van der Waals surface area (Å²) < 4.78 is 17.2. The Morgan fingerprint density at radius 3 is 2.85 bits per heavy atom. The quantitative estimate of drug-likeness (QED) is 0.469. The van der Waals surface area contributed by atoms with Crippen LogP contribution in [0.2, 0.25) is 5.15 Å². The molecule has 11 heteroatoms. The van der Waals surface area contributed by atoms with Crippen LogP contribution >= 0.6 is 22.9 Å². The Morgan fingerprint density at radius 2 is 2.12 bits per heavy atom. The second kappa shape index (κ2) is 9.44. The predicted octanol–water partition coefficient (Wildman–Crippen LogP) is 4.56. The molecule has 1 spiro atoms. The number of aromatic nitrogens is 4. The number of hydrogen-bond acceptors (Lipinski definition) is 9. The Labute approximate surface area is 205 Å². The van der Waals surface area contributed by atoms with E-state index in [9.17, 15) is 4.79 Å². The van der Waals surface area contributed by atoms with Crippen molar-refractivity contribution in [2.45, 2.75) is 38.2 Å². The van der Waals surface area contributed by atoms with E-state index in [1.807, 2.05) is 6.92 Å². The van der Waals surface area contributed by atoms with Gasteiger partial charge in [0.05, 0.1) is 37.7 Å². The van der Waals surface area contributed by atoms with Crippen LogP contribution in [0.4, 0.5) is 5.13 Å². The summed E-state index contributed by atoms with van der Waals surface area (Å²) in [7, 11) is 1.54. The third-order valence-electron chi connectivity index (χ3n) is 6.25. The number of ether oxygens (including phenoxy) is 3. The number of amides is 1. The summed E-state index contributed by atoms with van der Waals surface area (Å²) in [6.07, 6.45) is 7.60. The molecule has 9 nitrogen and oxygen atoms in total. The maximum Gasteiger partial charge on any atom is 0.295 e. The third-order valence-corrected chi connectivity index (χ3v) is 7.21. The Hall–Kier alpha value is -2.82. The van der Waals surface area contributed by atoms with Crippen LogP contribution in [0.1, 0.15) is 41.7 Å². The number of nitrogens with one attached hydrogen (secondary N) is 1. The van der Waals surface area contributed by atoms with Crippen molar-refractivity contribution in [3.05, 3.63) is 40.9 Å². The van der Waals surface area contributed by atoms with E-state index in [2.05, 4.69) is 25.5 Å². The largest absolute Gasteiger partial charge is 0.494 e. The van der Waals surface area contributed by atoms with Crippen LogP contribution in [-0.2, 0) is 4.74 Å². The summed E-state index contributed by atoms with van der Waals surface area (Å²) in [5.74, 6) is 0.470. The number of pyridine rings is 2. The lowest BCUT2D eigenvalue weighted by Gasteiger charge is -2.37. The minimum atomic E-state index is -0.378. The van der Waals surface area contributed by atoms with Gasteiger partial charge in [0, 0.05) is 28.9 Å². The standard InChI is InChI=1S/C23H24ClN5O4S/c1-13-6-15(16-7-19(24)26-10-18(16)31-2)17(9-25-13)20(30)27-21-28-29-22(34-21)32-11-14-8-23(33-12-14)4-3-5-23/h6-7,9-10,14H,3-5,8,11-12H2,1-2H3,(H,27,28,30)/t14-/m1/s1. The smallest absolute Gasteiger partial charge is 0.295 e. The van der Waals surface area contributed by atoms with Gasteiger partial charge < -0.3 is 14.2 Å². The van der Waals surface area contributed by atoms with Crippen LogP contribution < -0.4 is 14.8 Å². The molecule has 1 N–H and O–H groups in total. The predicted molar refractivity (Wildman–Crippen MR) is 128 cm³/mol. The van der Waals surface area contributed by atoms with Gasteiger partial charge in [0.25, 0.3) is 11.1 Å². The molecule has 34 heavy (non-hydrogen) atoms. The van der Waals surface area contributed by atoms with Gasteiger partial charge in [-0.25, -0.2) is 4.98 Å². The fourth-order valence-electron chi connectivity index (χ4n) is 4.39. The van der Waals surface area contributed by atoms with Crippen molar-refractivity contribution < 1.29 is 19.0 Å². The molecular weight excluding hydrogens is 478 g/mol. The molecule has 1 aliphatic carbocycles. The molecule has 2 aliphatic rings. The zero-order valence-electron chi connectivity index (χ0n) is 18.8. The molecule has 178 valence electrons. The first-order valence-electron chi connectivity index (χ1n) is 11.0. The summed E-state index contributed by atoms with van der Waals surface area (Å²) >= 11 is 7.29. The zero-order chi connectivity index (χ0) is 23.7. The van der Waals surface area contributed by atoms with Gasteiger partial charge in [0.2, 0.25) is 5.13 Å². The lowest BCUT2D eigenvalue weighted by Crippen LogP contribution is -2.36. The lowest BCUT2D eigenvalue weighted by molar-refractivity contribution is -0.0565. The topological polar surface area (TPSA) is 108 Å². The summed E-state index contributed by atoms with van der Waals surface area (Å²) in [5, 5.41) is 11.9. The molecule has 0 radical (unpaired) electrons. The van der Waals surface area contributed by atoms with E-state index in [1.165, 1.54) is 37.3 Å². The van der Waals surface area contributed by atoms with E-state index in [-0.39, 0.29) is 11.5 Å². The molecule has 5 rings (SSSR count). The van der Waals surface area contributed by atoms with Crippen molar-refractivity contribution in [3.63, 3.8) is 0 Å². The van der Waals surface area contributed by atoms with Crippen LogP contribution in [0.5, 0.6) is 10.9 Å². The van der Waals surface area contributed by atoms with Crippen molar-refractivity contribution in [1.29, 1.82) is 0 Å². The number of nitrogens with zero attached hydrogens (tertiary/aromatic N) is 4. The number of carbonyl (C=O) groups excluding carboxylic acids is 1. The first-order chi connectivity index (χ1) is 16.4. The molecule has 3 aromatic heterocycles. The molecule has 1 aliphatic heterocycles. The van der Waals surface area contributed by atoms with E-state index in [0.29, 0.717) is 57.0 Å². The molecule has 1 saturated carbocycles. The van der Waals surface area contributed by atoms with Crippen LogP contribution in [-0.4, -0.2) is 52.0 Å². The molecule has 1 amide bonds. The van der Waals surface area contributed by atoms with Gasteiger partial charge in [-0.05, 0) is 56.1 Å². The van der Waals surface area contributed by atoms with Crippen LogP contribution in [0.3, 0.4) is 0 Å². The average molecular weight is 502 g/mol. The highest BCUT2D eigenvalue weighted by atomic mass is 35.5.